The average Bonchev–Trinajstić information content (AvgIpc) is 2.76. The first kappa shape index (κ1) is 18.9. The quantitative estimate of drug-likeness (QED) is 0.876. The van der Waals surface area contributed by atoms with Crippen LogP contribution in [0.25, 0.3) is 0 Å². The summed E-state index contributed by atoms with van der Waals surface area (Å²) >= 11 is 0. The van der Waals surface area contributed by atoms with Crippen LogP contribution in [0.4, 0.5) is 5.69 Å². The Morgan fingerprint density at radius 3 is 2.22 bits per heavy atom. The Kier molecular flexibility index (Phi) is 6.82. The minimum atomic E-state index is 0.00110. The summed E-state index contributed by atoms with van der Waals surface area (Å²) in [4.78, 5) is 13.4. The molecule has 0 aromatic heterocycles. The van der Waals surface area contributed by atoms with Gasteiger partial charge in [0.2, 0.25) is 5.91 Å². The van der Waals surface area contributed by atoms with E-state index in [2.05, 4.69) is 45.0 Å². The molecular formula is C21H26N4O2. The molecule has 2 aliphatic heterocycles. The van der Waals surface area contributed by atoms with Gasteiger partial charge in [0.25, 0.3) is 0 Å². The van der Waals surface area contributed by atoms with Gasteiger partial charge < -0.3 is 15.0 Å². The zero-order valence-electron chi connectivity index (χ0n) is 15.6. The Morgan fingerprint density at radius 1 is 0.963 bits per heavy atom. The third-order valence-corrected chi connectivity index (χ3v) is 4.57. The van der Waals surface area contributed by atoms with Crippen LogP contribution in [0.15, 0.2) is 59.7 Å². The fraction of sp³-hybridized carbons (Fsp3) is 0.333. The lowest BCUT2D eigenvalue weighted by atomic mass is 10.0. The van der Waals surface area contributed by atoms with Crippen LogP contribution in [-0.2, 0) is 4.79 Å². The molecule has 0 aliphatic carbocycles. The summed E-state index contributed by atoms with van der Waals surface area (Å²) in [5.74, 6) is 0.911. The molecule has 1 saturated heterocycles. The molecule has 1 amide bonds. The lowest BCUT2D eigenvalue weighted by molar-refractivity contribution is -0.121. The topological polar surface area (TPSA) is 66.0 Å². The lowest BCUT2D eigenvalue weighted by Gasteiger charge is -2.29. The number of hydrogen-bond donors (Lipinski definition) is 2. The Balaban J connectivity index is 0.000000221. The van der Waals surface area contributed by atoms with Crippen LogP contribution in [0, 0.1) is 0 Å². The van der Waals surface area contributed by atoms with Crippen LogP contribution in [0.1, 0.15) is 18.4 Å². The van der Waals surface area contributed by atoms with Gasteiger partial charge in [-0.15, -0.1) is 0 Å². The number of ether oxygens (including phenoxy) is 1. The van der Waals surface area contributed by atoms with Gasteiger partial charge in [-0.1, -0.05) is 30.3 Å². The average molecular weight is 366 g/mol. The molecule has 2 aromatic carbocycles. The standard InChI is InChI=1S/C14H18N4O.C7H8O/c19-14-6-5-13(16-17-14)11-1-3-12(4-2-11)18-9-7-15-8-10-18;1-8-7-5-3-2-4-6-7/h1-4,15H,5-10H2,(H,17,19);2-6H,1H3. The maximum Gasteiger partial charge on any atom is 0.240 e. The van der Waals surface area contributed by atoms with Crippen molar-refractivity contribution in [1.82, 2.24) is 10.7 Å². The van der Waals surface area contributed by atoms with Gasteiger partial charge in [-0.25, -0.2) is 5.43 Å². The zero-order chi connectivity index (χ0) is 18.9. The number of hydrogen-bond acceptors (Lipinski definition) is 5. The van der Waals surface area contributed by atoms with Crippen molar-refractivity contribution in [2.45, 2.75) is 12.8 Å². The van der Waals surface area contributed by atoms with Gasteiger partial charge in [-0.2, -0.15) is 5.10 Å². The molecule has 0 unspecified atom stereocenters. The van der Waals surface area contributed by atoms with E-state index >= 15 is 0 Å². The molecule has 0 radical (unpaired) electrons. The predicted molar refractivity (Wildman–Crippen MR) is 108 cm³/mol. The Labute approximate surface area is 160 Å². The summed E-state index contributed by atoms with van der Waals surface area (Å²) in [5.41, 5.74) is 5.85. The van der Waals surface area contributed by atoms with E-state index in [0.717, 1.165) is 49.6 Å². The van der Waals surface area contributed by atoms with Crippen molar-refractivity contribution in [1.29, 1.82) is 0 Å². The second-order valence-corrected chi connectivity index (χ2v) is 6.39. The SMILES string of the molecule is COc1ccccc1.O=C1CCC(c2ccc(N3CCNCC3)cc2)=NN1. The highest BCUT2D eigenvalue weighted by atomic mass is 16.5. The van der Waals surface area contributed by atoms with Crippen molar-refractivity contribution in [2.75, 3.05) is 38.2 Å². The van der Waals surface area contributed by atoms with E-state index in [4.69, 9.17) is 4.74 Å². The highest BCUT2D eigenvalue weighted by Crippen LogP contribution is 2.18. The highest BCUT2D eigenvalue weighted by Gasteiger charge is 2.14. The number of rotatable bonds is 3. The molecule has 0 bridgehead atoms. The van der Waals surface area contributed by atoms with Crippen molar-refractivity contribution in [3.63, 3.8) is 0 Å². The molecule has 2 N–H and O–H groups in total. The van der Waals surface area contributed by atoms with Gasteiger partial charge in [0, 0.05) is 44.7 Å². The maximum absolute atomic E-state index is 11.1. The molecular weight excluding hydrogens is 340 g/mol. The normalized spacial score (nSPS) is 16.6. The van der Waals surface area contributed by atoms with Crippen molar-refractivity contribution < 1.29 is 9.53 Å². The monoisotopic (exact) mass is 366 g/mol. The van der Waals surface area contributed by atoms with Crippen LogP contribution in [0.2, 0.25) is 0 Å². The summed E-state index contributed by atoms with van der Waals surface area (Å²) in [5, 5.41) is 7.47. The number of methoxy groups -OCH3 is 1. The number of carbonyl (C=O) groups excluding carboxylic acids is 1. The predicted octanol–water partition coefficient (Wildman–Crippen LogP) is 2.41. The number of nitrogens with one attached hydrogen (secondary N) is 2. The Bertz CT molecular complexity index is 754. The van der Waals surface area contributed by atoms with E-state index in [9.17, 15) is 4.79 Å². The molecule has 2 heterocycles. The number of para-hydroxylation sites is 1. The third-order valence-electron chi connectivity index (χ3n) is 4.57. The molecule has 6 heteroatoms. The molecule has 4 rings (SSSR count). The second-order valence-electron chi connectivity index (χ2n) is 6.39. The van der Waals surface area contributed by atoms with E-state index in [-0.39, 0.29) is 5.91 Å². The molecule has 2 aromatic rings. The fourth-order valence-electron chi connectivity index (χ4n) is 3.03. The Hall–Kier alpha value is -2.86. The number of nitrogens with zero attached hydrogens (tertiary/aromatic N) is 2. The Morgan fingerprint density at radius 2 is 1.67 bits per heavy atom. The van der Waals surface area contributed by atoms with Crippen LogP contribution >= 0.6 is 0 Å². The molecule has 0 spiro atoms. The van der Waals surface area contributed by atoms with E-state index in [1.807, 2.05) is 30.3 Å². The minimum Gasteiger partial charge on any atom is -0.497 e. The van der Waals surface area contributed by atoms with Gasteiger partial charge in [0.05, 0.1) is 12.8 Å². The van der Waals surface area contributed by atoms with Crippen LogP contribution in [0.3, 0.4) is 0 Å². The van der Waals surface area contributed by atoms with Crippen LogP contribution in [0.5, 0.6) is 5.75 Å². The summed E-state index contributed by atoms with van der Waals surface area (Å²) in [6.07, 6.45) is 1.25. The zero-order valence-corrected chi connectivity index (χ0v) is 15.6. The molecule has 142 valence electrons. The van der Waals surface area contributed by atoms with Crippen molar-refractivity contribution in [2.24, 2.45) is 5.10 Å². The molecule has 27 heavy (non-hydrogen) atoms. The van der Waals surface area contributed by atoms with Crippen molar-refractivity contribution >= 4 is 17.3 Å². The first-order chi connectivity index (χ1) is 13.3. The van der Waals surface area contributed by atoms with E-state index < -0.39 is 0 Å². The second kappa shape index (κ2) is 9.73. The number of carbonyl (C=O) groups is 1. The fourth-order valence-corrected chi connectivity index (χ4v) is 3.03. The first-order valence-electron chi connectivity index (χ1n) is 9.27. The van der Waals surface area contributed by atoms with E-state index in [1.54, 1.807) is 7.11 Å². The van der Waals surface area contributed by atoms with Crippen molar-refractivity contribution in [3.05, 3.63) is 60.2 Å². The van der Waals surface area contributed by atoms with Crippen molar-refractivity contribution in [3.8, 4) is 5.75 Å². The summed E-state index contributed by atoms with van der Waals surface area (Å²) in [6.45, 7) is 4.19. The van der Waals surface area contributed by atoms with Gasteiger partial charge in [-0.05, 0) is 29.8 Å². The molecule has 1 fully saturated rings. The number of piperazine rings is 1. The van der Waals surface area contributed by atoms with Crippen LogP contribution in [-0.4, -0.2) is 44.9 Å². The molecule has 6 nitrogen and oxygen atoms in total. The number of anilines is 1. The van der Waals surface area contributed by atoms with E-state index in [0.29, 0.717) is 6.42 Å². The molecule has 0 atom stereocenters. The first-order valence-corrected chi connectivity index (χ1v) is 9.27. The largest absolute Gasteiger partial charge is 0.497 e. The molecule has 2 aliphatic rings. The summed E-state index contributed by atoms with van der Waals surface area (Å²) in [7, 11) is 1.66. The van der Waals surface area contributed by atoms with Gasteiger partial charge in [-0.3, -0.25) is 4.79 Å². The minimum absolute atomic E-state index is 0.00110. The van der Waals surface area contributed by atoms with Gasteiger partial charge in [0.1, 0.15) is 5.75 Å². The molecule has 0 saturated carbocycles. The number of hydrazone groups is 1. The lowest BCUT2D eigenvalue weighted by Crippen LogP contribution is -2.43. The summed E-state index contributed by atoms with van der Waals surface area (Å²) in [6, 6.07) is 18.1. The highest BCUT2D eigenvalue weighted by molar-refractivity contribution is 6.04. The van der Waals surface area contributed by atoms with E-state index in [1.165, 1.54) is 5.69 Å². The smallest absolute Gasteiger partial charge is 0.240 e. The number of benzene rings is 2. The maximum atomic E-state index is 11.1. The van der Waals surface area contributed by atoms with Gasteiger partial charge in [0.15, 0.2) is 0 Å². The van der Waals surface area contributed by atoms with Crippen LogP contribution < -0.4 is 20.4 Å². The third kappa shape index (κ3) is 5.56. The van der Waals surface area contributed by atoms with Gasteiger partial charge >= 0.3 is 0 Å². The summed E-state index contributed by atoms with van der Waals surface area (Å²) < 4.78 is 4.91. The number of amides is 1.